The summed E-state index contributed by atoms with van der Waals surface area (Å²) in [6.45, 7) is 3.95. The van der Waals surface area contributed by atoms with E-state index in [4.69, 9.17) is 9.15 Å². The Balaban J connectivity index is 1.33. The van der Waals surface area contributed by atoms with Crippen molar-refractivity contribution in [3.63, 3.8) is 0 Å². The van der Waals surface area contributed by atoms with Crippen LogP contribution in [0.1, 0.15) is 23.0 Å². The molecule has 30 heavy (non-hydrogen) atoms. The molecule has 7 heteroatoms. The highest BCUT2D eigenvalue weighted by Crippen LogP contribution is 2.30. The third-order valence-corrected chi connectivity index (χ3v) is 4.95. The van der Waals surface area contributed by atoms with Crippen molar-refractivity contribution in [2.45, 2.75) is 13.3 Å². The quantitative estimate of drug-likeness (QED) is 0.622. The Morgan fingerprint density at radius 2 is 1.93 bits per heavy atom. The van der Waals surface area contributed by atoms with Crippen molar-refractivity contribution in [2.75, 3.05) is 35.2 Å². The number of benzene rings is 2. The second-order valence-electron chi connectivity index (χ2n) is 6.97. The zero-order chi connectivity index (χ0) is 20.9. The van der Waals surface area contributed by atoms with Gasteiger partial charge in [0.1, 0.15) is 5.75 Å². The summed E-state index contributed by atoms with van der Waals surface area (Å²) in [6.07, 6.45) is 2.47. The second-order valence-corrected chi connectivity index (χ2v) is 6.97. The van der Waals surface area contributed by atoms with Crippen LogP contribution in [-0.4, -0.2) is 31.5 Å². The fourth-order valence-electron chi connectivity index (χ4n) is 3.46. The third kappa shape index (κ3) is 4.46. The molecule has 0 aliphatic carbocycles. The maximum Gasteiger partial charge on any atom is 0.291 e. The number of carbonyl (C=O) groups excluding carboxylic acids is 2. The molecule has 154 valence electrons. The number of nitrogens with zero attached hydrogens (tertiary/aromatic N) is 1. The first-order chi connectivity index (χ1) is 14.6. The summed E-state index contributed by atoms with van der Waals surface area (Å²) < 4.78 is 10.7. The van der Waals surface area contributed by atoms with Gasteiger partial charge in [-0.15, -0.1) is 0 Å². The Bertz CT molecular complexity index is 1050. The van der Waals surface area contributed by atoms with Gasteiger partial charge in [-0.2, -0.15) is 0 Å². The monoisotopic (exact) mass is 405 g/mol. The van der Waals surface area contributed by atoms with E-state index >= 15 is 0 Å². The van der Waals surface area contributed by atoms with Gasteiger partial charge >= 0.3 is 0 Å². The first kappa shape index (κ1) is 19.6. The molecule has 1 aromatic heterocycles. The summed E-state index contributed by atoms with van der Waals surface area (Å²) in [6, 6.07) is 16.1. The van der Waals surface area contributed by atoms with Crippen molar-refractivity contribution < 1.29 is 18.7 Å². The minimum absolute atomic E-state index is 0.135. The number of hydrogen-bond acceptors (Lipinski definition) is 5. The van der Waals surface area contributed by atoms with E-state index in [1.807, 2.05) is 12.1 Å². The van der Waals surface area contributed by atoms with Crippen molar-refractivity contribution in [3.05, 3.63) is 72.2 Å². The largest absolute Gasteiger partial charge is 0.484 e. The standard InChI is InChI=1S/C23H23N3O4/c1-2-26-11-10-16-8-9-18(14-20(16)26)24-22(27)15-30-19-6-3-5-17(13-19)25-23(28)21-7-4-12-29-21/h3-9,12-14H,2,10-11,15H2,1H3,(H,24,27)(H,25,28). The average Bonchev–Trinajstić information content (AvgIpc) is 3.42. The van der Waals surface area contributed by atoms with Gasteiger partial charge < -0.3 is 24.7 Å². The normalized spacial score (nSPS) is 12.4. The van der Waals surface area contributed by atoms with E-state index in [-0.39, 0.29) is 24.2 Å². The van der Waals surface area contributed by atoms with E-state index in [1.54, 1.807) is 36.4 Å². The molecule has 2 N–H and O–H groups in total. The van der Waals surface area contributed by atoms with Crippen LogP contribution in [0.2, 0.25) is 0 Å². The van der Waals surface area contributed by atoms with Gasteiger partial charge in [0.25, 0.3) is 11.8 Å². The van der Waals surface area contributed by atoms with Crippen LogP contribution in [0, 0.1) is 0 Å². The summed E-state index contributed by atoms with van der Waals surface area (Å²) in [5, 5.41) is 5.61. The van der Waals surface area contributed by atoms with E-state index in [0.29, 0.717) is 11.4 Å². The Hall–Kier alpha value is -3.74. The Kier molecular flexibility index (Phi) is 5.70. The lowest BCUT2D eigenvalue weighted by molar-refractivity contribution is -0.118. The molecule has 2 heterocycles. The summed E-state index contributed by atoms with van der Waals surface area (Å²) >= 11 is 0. The summed E-state index contributed by atoms with van der Waals surface area (Å²) in [7, 11) is 0. The van der Waals surface area contributed by atoms with Crippen LogP contribution in [0.4, 0.5) is 17.1 Å². The van der Waals surface area contributed by atoms with E-state index in [1.165, 1.54) is 17.5 Å². The lowest BCUT2D eigenvalue weighted by Crippen LogP contribution is -2.21. The van der Waals surface area contributed by atoms with Gasteiger partial charge in [-0.1, -0.05) is 12.1 Å². The van der Waals surface area contributed by atoms with Crippen molar-refractivity contribution in [2.24, 2.45) is 0 Å². The molecule has 1 aliphatic rings. The smallest absolute Gasteiger partial charge is 0.291 e. The molecule has 0 saturated heterocycles. The highest BCUT2D eigenvalue weighted by Gasteiger charge is 2.18. The molecule has 0 atom stereocenters. The maximum atomic E-state index is 12.3. The van der Waals surface area contributed by atoms with Crippen LogP contribution in [-0.2, 0) is 11.2 Å². The van der Waals surface area contributed by atoms with Crippen LogP contribution in [0.25, 0.3) is 0 Å². The Labute approximate surface area is 174 Å². The van der Waals surface area contributed by atoms with Gasteiger partial charge in [0.05, 0.1) is 6.26 Å². The number of fused-ring (bicyclic) bond motifs is 1. The van der Waals surface area contributed by atoms with Crippen molar-refractivity contribution in [1.82, 2.24) is 0 Å². The Morgan fingerprint density at radius 3 is 2.73 bits per heavy atom. The molecule has 0 radical (unpaired) electrons. The fourth-order valence-corrected chi connectivity index (χ4v) is 3.46. The summed E-state index contributed by atoms with van der Waals surface area (Å²) in [5.74, 6) is 0.0961. The average molecular weight is 405 g/mol. The molecule has 0 saturated carbocycles. The summed E-state index contributed by atoms with van der Waals surface area (Å²) in [5.41, 5.74) is 3.78. The van der Waals surface area contributed by atoms with Crippen LogP contribution in [0.15, 0.2) is 65.3 Å². The summed E-state index contributed by atoms with van der Waals surface area (Å²) in [4.78, 5) is 26.7. The van der Waals surface area contributed by atoms with Crippen LogP contribution < -0.4 is 20.3 Å². The van der Waals surface area contributed by atoms with Crippen LogP contribution >= 0.6 is 0 Å². The van der Waals surface area contributed by atoms with Crippen molar-refractivity contribution in [1.29, 1.82) is 0 Å². The molecule has 0 bridgehead atoms. The van der Waals surface area contributed by atoms with Gasteiger partial charge in [-0.25, -0.2) is 0 Å². The first-order valence-corrected chi connectivity index (χ1v) is 9.88. The van der Waals surface area contributed by atoms with E-state index in [0.717, 1.165) is 25.2 Å². The number of hydrogen-bond donors (Lipinski definition) is 2. The predicted molar refractivity (Wildman–Crippen MR) is 115 cm³/mol. The maximum absolute atomic E-state index is 12.3. The number of ether oxygens (including phenoxy) is 1. The van der Waals surface area contributed by atoms with Crippen LogP contribution in [0.5, 0.6) is 5.75 Å². The highest BCUT2D eigenvalue weighted by molar-refractivity contribution is 6.02. The number of amides is 2. The number of furan rings is 1. The lowest BCUT2D eigenvalue weighted by atomic mass is 10.1. The van der Waals surface area contributed by atoms with Gasteiger partial charge in [0.2, 0.25) is 0 Å². The Morgan fingerprint density at radius 1 is 1.07 bits per heavy atom. The van der Waals surface area contributed by atoms with E-state index in [2.05, 4.69) is 28.5 Å². The highest BCUT2D eigenvalue weighted by atomic mass is 16.5. The molecule has 3 aromatic rings. The zero-order valence-corrected chi connectivity index (χ0v) is 16.7. The minimum atomic E-state index is -0.354. The number of likely N-dealkylation sites (N-methyl/N-ethyl adjacent to an activating group) is 1. The molecule has 2 aromatic carbocycles. The molecule has 0 spiro atoms. The third-order valence-electron chi connectivity index (χ3n) is 4.95. The number of carbonyl (C=O) groups is 2. The van der Waals surface area contributed by atoms with Gasteiger partial charge in [-0.3, -0.25) is 9.59 Å². The number of anilines is 3. The predicted octanol–water partition coefficient (Wildman–Crippen LogP) is 3.93. The molecular weight excluding hydrogens is 382 g/mol. The first-order valence-electron chi connectivity index (χ1n) is 9.88. The SMILES string of the molecule is CCN1CCc2ccc(NC(=O)COc3cccc(NC(=O)c4ccco4)c3)cc21. The molecule has 1 aliphatic heterocycles. The van der Waals surface area contributed by atoms with E-state index in [9.17, 15) is 9.59 Å². The molecule has 0 fully saturated rings. The molecule has 7 nitrogen and oxygen atoms in total. The van der Waals surface area contributed by atoms with Gasteiger partial charge in [0.15, 0.2) is 12.4 Å². The molecule has 2 amide bonds. The molecule has 4 rings (SSSR count). The second kappa shape index (κ2) is 8.73. The van der Waals surface area contributed by atoms with Gasteiger partial charge in [0, 0.05) is 36.2 Å². The van der Waals surface area contributed by atoms with Crippen molar-refractivity contribution >= 4 is 28.9 Å². The van der Waals surface area contributed by atoms with Crippen molar-refractivity contribution in [3.8, 4) is 5.75 Å². The zero-order valence-electron chi connectivity index (χ0n) is 16.7. The fraction of sp³-hybridized carbons (Fsp3) is 0.217. The topological polar surface area (TPSA) is 83.8 Å². The number of rotatable bonds is 7. The molecular formula is C23H23N3O4. The lowest BCUT2D eigenvalue weighted by Gasteiger charge is -2.17. The van der Waals surface area contributed by atoms with Gasteiger partial charge in [-0.05, 0) is 55.3 Å². The minimum Gasteiger partial charge on any atom is -0.484 e. The number of nitrogens with one attached hydrogen (secondary N) is 2. The van der Waals surface area contributed by atoms with E-state index < -0.39 is 0 Å². The van der Waals surface area contributed by atoms with Crippen LogP contribution in [0.3, 0.4) is 0 Å². The molecule has 0 unspecified atom stereocenters.